The maximum Gasteiger partial charge on any atom is 0.309 e. The van der Waals surface area contributed by atoms with Crippen molar-refractivity contribution in [2.24, 2.45) is 0 Å². The van der Waals surface area contributed by atoms with E-state index < -0.39 is 12.1 Å². The molecule has 0 aromatic heterocycles. The third kappa shape index (κ3) is 64.8. The van der Waals surface area contributed by atoms with Gasteiger partial charge in [-0.2, -0.15) is 0 Å². The van der Waals surface area contributed by atoms with Crippen molar-refractivity contribution in [3.05, 3.63) is 207 Å². The highest BCUT2D eigenvalue weighted by atomic mass is 16.6. The van der Waals surface area contributed by atoms with E-state index >= 15 is 0 Å². The lowest BCUT2D eigenvalue weighted by atomic mass is 10.1. The highest BCUT2D eigenvalue weighted by Gasteiger charge is 2.19. The molecule has 0 aromatic rings. The summed E-state index contributed by atoms with van der Waals surface area (Å²) < 4.78 is 16.7. The van der Waals surface area contributed by atoms with E-state index in [9.17, 15) is 14.4 Å². The van der Waals surface area contributed by atoms with Crippen molar-refractivity contribution in [2.75, 3.05) is 13.2 Å². The quantitative estimate of drug-likeness (QED) is 0.0261. The summed E-state index contributed by atoms with van der Waals surface area (Å²) in [5, 5.41) is 0. The highest BCUT2D eigenvalue weighted by Crippen LogP contribution is 2.12. The number of unbranched alkanes of at least 4 members (excludes halogenated alkanes) is 11. The van der Waals surface area contributed by atoms with Gasteiger partial charge in [0, 0.05) is 12.8 Å². The summed E-state index contributed by atoms with van der Waals surface area (Å²) >= 11 is 0. The van der Waals surface area contributed by atoms with Crippen LogP contribution in [0, 0.1) is 0 Å². The van der Waals surface area contributed by atoms with Crippen LogP contribution in [-0.4, -0.2) is 37.2 Å². The highest BCUT2D eigenvalue weighted by molar-refractivity contribution is 5.72. The van der Waals surface area contributed by atoms with Gasteiger partial charge in [0.15, 0.2) is 6.10 Å². The van der Waals surface area contributed by atoms with E-state index in [-0.39, 0.29) is 44.4 Å². The van der Waals surface area contributed by atoms with E-state index in [1.165, 1.54) is 32.1 Å². The molecule has 0 spiro atoms. The first kappa shape index (κ1) is 76.0. The second-order valence-corrected chi connectivity index (χ2v) is 20.2. The molecule has 0 heterocycles. The fraction of sp³-hybridized carbons (Fsp3) is 0.513. The van der Waals surface area contributed by atoms with Gasteiger partial charge in [-0.1, -0.05) is 266 Å². The van der Waals surface area contributed by atoms with E-state index in [2.05, 4.69) is 215 Å². The van der Waals surface area contributed by atoms with Crippen molar-refractivity contribution in [1.29, 1.82) is 0 Å². The van der Waals surface area contributed by atoms with Crippen molar-refractivity contribution in [3.8, 4) is 0 Å². The molecule has 0 aliphatic rings. The number of esters is 3. The second kappa shape index (κ2) is 67.5. The molecule has 0 rings (SSSR count). The van der Waals surface area contributed by atoms with Crippen molar-refractivity contribution >= 4 is 17.9 Å². The van der Waals surface area contributed by atoms with Gasteiger partial charge in [-0.15, -0.1) is 0 Å². The summed E-state index contributed by atoms with van der Waals surface area (Å²) in [5.41, 5.74) is 0. The molecule has 0 saturated carbocycles. The van der Waals surface area contributed by atoms with Crippen molar-refractivity contribution in [2.45, 2.75) is 239 Å². The van der Waals surface area contributed by atoms with E-state index in [4.69, 9.17) is 14.2 Å². The van der Waals surface area contributed by atoms with Crippen LogP contribution in [0.2, 0.25) is 0 Å². The van der Waals surface area contributed by atoms with Crippen LogP contribution in [0.15, 0.2) is 207 Å². The fourth-order valence-electron chi connectivity index (χ4n) is 7.81. The van der Waals surface area contributed by atoms with Gasteiger partial charge in [-0.3, -0.25) is 14.4 Å². The topological polar surface area (TPSA) is 78.9 Å². The largest absolute Gasteiger partial charge is 0.462 e. The Morgan fingerprint density at radius 3 is 0.878 bits per heavy atom. The number of carbonyl (C=O) groups excluding carboxylic acids is 3. The molecule has 82 heavy (non-hydrogen) atoms. The average molecular weight is 1120 g/mol. The molecule has 0 fully saturated rings. The molecule has 1 atom stereocenters. The Hall–Kier alpha value is -6.01. The zero-order valence-corrected chi connectivity index (χ0v) is 51.9. The average Bonchev–Trinajstić information content (AvgIpc) is 3.47. The summed E-state index contributed by atoms with van der Waals surface area (Å²) in [5.74, 6) is -1.15. The van der Waals surface area contributed by atoms with Gasteiger partial charge >= 0.3 is 17.9 Å². The third-order valence-corrected chi connectivity index (χ3v) is 12.5. The first-order chi connectivity index (χ1) is 40.5. The summed E-state index contributed by atoms with van der Waals surface area (Å²) in [6, 6.07) is 0. The summed E-state index contributed by atoms with van der Waals surface area (Å²) in [6.07, 6.45) is 104. The molecule has 0 bridgehead atoms. The maximum atomic E-state index is 12.9. The van der Waals surface area contributed by atoms with Crippen LogP contribution in [0.3, 0.4) is 0 Å². The lowest BCUT2D eigenvalue weighted by Crippen LogP contribution is -2.30. The Labute approximate surface area is 502 Å². The van der Waals surface area contributed by atoms with Crippen LogP contribution in [-0.2, 0) is 28.6 Å². The molecule has 0 amide bonds. The smallest absolute Gasteiger partial charge is 0.309 e. The van der Waals surface area contributed by atoms with E-state index in [1.54, 1.807) is 6.08 Å². The minimum Gasteiger partial charge on any atom is -0.462 e. The molecular formula is C76H114O6. The fourth-order valence-corrected chi connectivity index (χ4v) is 7.81. The number of hydrogen-bond donors (Lipinski definition) is 0. The van der Waals surface area contributed by atoms with Gasteiger partial charge in [0.1, 0.15) is 13.2 Å². The van der Waals surface area contributed by atoms with Crippen molar-refractivity contribution in [3.63, 3.8) is 0 Å². The number of ether oxygens (including phenoxy) is 3. The van der Waals surface area contributed by atoms with Crippen LogP contribution in [0.1, 0.15) is 233 Å². The van der Waals surface area contributed by atoms with Crippen LogP contribution in [0.4, 0.5) is 0 Å². The van der Waals surface area contributed by atoms with Gasteiger partial charge in [0.2, 0.25) is 0 Å². The molecule has 454 valence electrons. The predicted molar refractivity (Wildman–Crippen MR) is 357 cm³/mol. The number of allylic oxidation sites excluding steroid dienone is 33. The zero-order valence-electron chi connectivity index (χ0n) is 51.9. The second-order valence-electron chi connectivity index (χ2n) is 20.2. The minimum atomic E-state index is -0.857. The van der Waals surface area contributed by atoms with Gasteiger partial charge in [-0.25, -0.2) is 0 Å². The molecule has 0 N–H and O–H groups in total. The van der Waals surface area contributed by atoms with Crippen molar-refractivity contribution in [1.82, 2.24) is 0 Å². The third-order valence-electron chi connectivity index (χ3n) is 12.5. The Morgan fingerprint density at radius 1 is 0.268 bits per heavy atom. The van der Waals surface area contributed by atoms with E-state index in [1.807, 2.05) is 6.08 Å². The molecule has 0 aromatic carbocycles. The molecule has 6 nitrogen and oxygen atoms in total. The van der Waals surface area contributed by atoms with Gasteiger partial charge in [0.05, 0.1) is 6.42 Å². The van der Waals surface area contributed by atoms with E-state index in [0.717, 1.165) is 148 Å². The normalized spacial score (nSPS) is 13.5. The zero-order chi connectivity index (χ0) is 59.2. The Morgan fingerprint density at radius 2 is 0.524 bits per heavy atom. The SMILES string of the molecule is CC/C=C\C/C=C\C/C=C\C/C=C\C/C=C\C/C=C\C/C=C\C/C=C\C/C=C\C/C=C\CCCCC(=O)OCC(COC(=O)C/C=C\C/C=C\C/C=C\C/C=C\C/C=C\CC)OC(=O)CCCCCCC/C=C\C/C=C\CCCCCC. The standard InChI is InChI=1S/C76H114O6/c1-4-7-10-13-16-19-22-25-28-30-31-32-33-34-35-36-37-38-39-40-41-42-43-44-45-46-49-51-54-57-60-63-66-69-75(78)81-72-73(71-80-74(77)68-65-62-59-56-53-50-47-27-24-21-18-15-12-9-6-3)82-76(79)70-67-64-61-58-55-52-48-29-26-23-20-17-14-11-8-5-2/h7,9-10,12,16,18-21,23,25,27-29,31-32,34-35,37-38,40-41,43-44,46-49,53-54,56-57,62,65,73H,4-6,8,11,13-15,17,22,24,26,30,33,36,39,42,45,50-52,55,58-61,63-64,66-72H2,1-3H3/b10-7-,12-9-,19-16-,21-18-,23-20-,28-25-,32-31-,35-34-,38-37-,41-40-,44-43-,47-27-,48-29-,49-46-,56-53-,57-54-,65-62-. The van der Waals surface area contributed by atoms with Crippen LogP contribution in [0.5, 0.6) is 0 Å². The molecule has 0 aliphatic carbocycles. The lowest BCUT2D eigenvalue weighted by Gasteiger charge is -2.18. The lowest BCUT2D eigenvalue weighted by molar-refractivity contribution is -0.166. The molecular weight excluding hydrogens is 1010 g/mol. The van der Waals surface area contributed by atoms with Crippen LogP contribution < -0.4 is 0 Å². The van der Waals surface area contributed by atoms with Crippen molar-refractivity contribution < 1.29 is 28.6 Å². The first-order valence-corrected chi connectivity index (χ1v) is 32.1. The molecule has 0 radical (unpaired) electrons. The molecule has 1 unspecified atom stereocenters. The van der Waals surface area contributed by atoms with Gasteiger partial charge < -0.3 is 14.2 Å². The first-order valence-electron chi connectivity index (χ1n) is 32.1. The predicted octanol–water partition coefficient (Wildman–Crippen LogP) is 22.4. The Bertz CT molecular complexity index is 2020. The van der Waals surface area contributed by atoms with Gasteiger partial charge in [0.25, 0.3) is 0 Å². The number of hydrogen-bond acceptors (Lipinski definition) is 6. The molecule has 0 saturated heterocycles. The van der Waals surface area contributed by atoms with Crippen LogP contribution >= 0.6 is 0 Å². The summed E-state index contributed by atoms with van der Waals surface area (Å²) in [6.45, 7) is 6.23. The maximum absolute atomic E-state index is 12.9. The Kier molecular flexibility index (Phi) is 62.5. The van der Waals surface area contributed by atoms with Crippen LogP contribution in [0.25, 0.3) is 0 Å². The number of rotatable bonds is 55. The monoisotopic (exact) mass is 1120 g/mol. The summed E-state index contributed by atoms with van der Waals surface area (Å²) in [7, 11) is 0. The van der Waals surface area contributed by atoms with E-state index in [0.29, 0.717) is 12.8 Å². The number of carbonyl (C=O) groups is 3. The van der Waals surface area contributed by atoms with Gasteiger partial charge in [-0.05, 0) is 154 Å². The summed E-state index contributed by atoms with van der Waals surface area (Å²) in [4.78, 5) is 38.2. The molecule has 6 heteroatoms. The Balaban J connectivity index is 4.51. The minimum absolute atomic E-state index is 0.105. The molecule has 0 aliphatic heterocycles.